The number of carbonyl (C=O) groups is 1. The van der Waals surface area contributed by atoms with E-state index in [1.165, 1.54) is 53.4 Å². The molecule has 0 bridgehead atoms. The van der Waals surface area contributed by atoms with Crippen molar-refractivity contribution in [2.24, 2.45) is 0 Å². The molecule has 3 aromatic carbocycles. The quantitative estimate of drug-likeness (QED) is 0.414. The summed E-state index contributed by atoms with van der Waals surface area (Å²) in [5, 5.41) is 0. The number of rotatable bonds is 8. The van der Waals surface area contributed by atoms with Gasteiger partial charge in [-0.15, -0.1) is 0 Å². The molecule has 0 spiro atoms. The molecule has 0 unspecified atom stereocenters. The molecule has 0 atom stereocenters. The molecule has 1 amide bonds. The van der Waals surface area contributed by atoms with E-state index in [1.807, 2.05) is 0 Å². The molecule has 186 valence electrons. The fourth-order valence-corrected chi connectivity index (χ4v) is 8.00. The molecule has 0 saturated heterocycles. The van der Waals surface area contributed by atoms with Crippen LogP contribution in [0.2, 0.25) is 0 Å². The Kier molecular flexibility index (Phi) is 8.02. The van der Waals surface area contributed by atoms with Gasteiger partial charge in [-0.1, -0.05) is 54.6 Å². The maximum absolute atomic E-state index is 13.6. The van der Waals surface area contributed by atoms with E-state index in [-0.39, 0.29) is 22.8 Å². The Morgan fingerprint density at radius 1 is 0.743 bits per heavy atom. The number of benzene rings is 3. The Morgan fingerprint density at radius 2 is 1.14 bits per heavy atom. The van der Waals surface area contributed by atoms with Crippen LogP contribution in [0.3, 0.4) is 0 Å². The topological polar surface area (TPSA) is 97.8 Å². The van der Waals surface area contributed by atoms with Crippen LogP contribution in [0.1, 0.15) is 27.2 Å². The minimum atomic E-state index is -4.31. The SMILES string of the molecule is CC(C)(C)OC(=O)N(CCC(S(=O)(=O)c1ccccc1)S(=O)(=O)c1ccccc1)c1ccccc1. The average Bonchev–Trinajstić information content (AvgIpc) is 2.82. The molecule has 0 fully saturated rings. The van der Waals surface area contributed by atoms with E-state index in [0.717, 1.165) is 0 Å². The number of para-hydroxylation sites is 1. The molecule has 0 heterocycles. The van der Waals surface area contributed by atoms with Crippen LogP contribution in [0.5, 0.6) is 0 Å². The van der Waals surface area contributed by atoms with E-state index in [9.17, 15) is 21.6 Å². The first kappa shape index (κ1) is 26.4. The third-order valence-electron chi connectivity index (χ3n) is 5.11. The van der Waals surface area contributed by atoms with Crippen molar-refractivity contribution in [2.75, 3.05) is 11.4 Å². The van der Waals surface area contributed by atoms with E-state index < -0.39 is 36.0 Å². The van der Waals surface area contributed by atoms with Gasteiger partial charge in [0.2, 0.25) is 0 Å². The number of carbonyl (C=O) groups excluding carboxylic acids is 1. The monoisotopic (exact) mass is 515 g/mol. The summed E-state index contributed by atoms with van der Waals surface area (Å²) in [5.74, 6) is 0. The number of ether oxygens (including phenoxy) is 1. The molecule has 0 aromatic heterocycles. The summed E-state index contributed by atoms with van der Waals surface area (Å²) in [5.41, 5.74) is -0.329. The highest BCUT2D eigenvalue weighted by atomic mass is 32.3. The van der Waals surface area contributed by atoms with Crippen molar-refractivity contribution in [3.8, 4) is 0 Å². The standard InChI is InChI=1S/C26H29NO6S2/c1-26(2,3)33-25(28)27(21-13-7-4-8-14-21)20-19-24(34(29,30)22-15-9-5-10-16-22)35(31,32)23-17-11-6-12-18-23/h4-18,24H,19-20H2,1-3H3. The minimum absolute atomic E-state index is 0.104. The van der Waals surface area contributed by atoms with Gasteiger partial charge < -0.3 is 4.74 Å². The summed E-state index contributed by atoms with van der Waals surface area (Å²) in [4.78, 5) is 14.1. The Morgan fingerprint density at radius 3 is 1.54 bits per heavy atom. The number of hydrogen-bond acceptors (Lipinski definition) is 6. The summed E-state index contributed by atoms with van der Waals surface area (Å²) in [7, 11) is -8.62. The van der Waals surface area contributed by atoms with Crippen molar-refractivity contribution in [1.82, 2.24) is 0 Å². The first-order chi connectivity index (χ1) is 16.4. The number of sulfone groups is 2. The lowest BCUT2D eigenvalue weighted by molar-refractivity contribution is 0.0580. The minimum Gasteiger partial charge on any atom is -0.443 e. The van der Waals surface area contributed by atoms with Gasteiger partial charge in [-0.05, 0) is 63.6 Å². The molecule has 0 aliphatic heterocycles. The van der Waals surface area contributed by atoms with Gasteiger partial charge in [-0.25, -0.2) is 21.6 Å². The van der Waals surface area contributed by atoms with Gasteiger partial charge in [-0.3, -0.25) is 4.90 Å². The lowest BCUT2D eigenvalue weighted by Crippen LogP contribution is -2.40. The van der Waals surface area contributed by atoms with Crippen molar-refractivity contribution < 1.29 is 26.4 Å². The largest absolute Gasteiger partial charge is 0.443 e. The maximum atomic E-state index is 13.6. The number of hydrogen-bond donors (Lipinski definition) is 0. The highest BCUT2D eigenvalue weighted by molar-refractivity contribution is 8.09. The van der Waals surface area contributed by atoms with Gasteiger partial charge in [0.05, 0.1) is 9.79 Å². The third-order valence-corrected chi connectivity index (χ3v) is 10.3. The Labute approximate surface area is 207 Å². The van der Waals surface area contributed by atoms with Crippen molar-refractivity contribution in [3.05, 3.63) is 91.0 Å². The van der Waals surface area contributed by atoms with Crippen LogP contribution >= 0.6 is 0 Å². The third kappa shape index (κ3) is 6.49. The lowest BCUT2D eigenvalue weighted by Gasteiger charge is -2.28. The first-order valence-electron chi connectivity index (χ1n) is 11.1. The van der Waals surface area contributed by atoms with Crippen molar-refractivity contribution in [1.29, 1.82) is 0 Å². The van der Waals surface area contributed by atoms with Gasteiger partial charge in [0.1, 0.15) is 5.60 Å². The van der Waals surface area contributed by atoms with Crippen molar-refractivity contribution in [3.63, 3.8) is 0 Å². The molecule has 3 aromatic rings. The van der Waals surface area contributed by atoms with E-state index in [0.29, 0.717) is 5.69 Å². The number of nitrogens with zero attached hydrogens (tertiary/aromatic N) is 1. The first-order valence-corrected chi connectivity index (χ1v) is 14.2. The zero-order valence-corrected chi connectivity index (χ0v) is 21.5. The van der Waals surface area contributed by atoms with E-state index >= 15 is 0 Å². The summed E-state index contributed by atoms with van der Waals surface area (Å²) >= 11 is 0. The second-order valence-corrected chi connectivity index (χ2v) is 13.5. The van der Waals surface area contributed by atoms with Crippen LogP contribution in [0.4, 0.5) is 10.5 Å². The van der Waals surface area contributed by atoms with Crippen LogP contribution in [0.15, 0.2) is 101 Å². The van der Waals surface area contributed by atoms with Crippen LogP contribution in [0, 0.1) is 0 Å². The van der Waals surface area contributed by atoms with Crippen molar-refractivity contribution in [2.45, 2.75) is 47.2 Å². The van der Waals surface area contributed by atoms with Gasteiger partial charge in [0.15, 0.2) is 24.3 Å². The van der Waals surface area contributed by atoms with Crippen LogP contribution < -0.4 is 4.90 Å². The predicted octanol–water partition coefficient (Wildman–Crippen LogP) is 5.09. The highest BCUT2D eigenvalue weighted by Gasteiger charge is 2.40. The molecule has 7 nitrogen and oxygen atoms in total. The smallest absolute Gasteiger partial charge is 0.414 e. The zero-order valence-electron chi connectivity index (χ0n) is 19.9. The molecule has 35 heavy (non-hydrogen) atoms. The normalized spacial score (nSPS) is 12.3. The van der Waals surface area contributed by atoms with E-state index in [2.05, 4.69) is 0 Å². The van der Waals surface area contributed by atoms with Gasteiger partial charge >= 0.3 is 6.09 Å². The molecule has 3 rings (SSSR count). The van der Waals surface area contributed by atoms with Gasteiger partial charge in [-0.2, -0.15) is 0 Å². The Bertz CT molecular complexity index is 1270. The second-order valence-electron chi connectivity index (χ2n) is 8.90. The average molecular weight is 516 g/mol. The van der Waals surface area contributed by atoms with Crippen molar-refractivity contribution >= 4 is 31.5 Å². The molecule has 0 saturated carbocycles. The highest BCUT2D eigenvalue weighted by Crippen LogP contribution is 2.29. The number of anilines is 1. The maximum Gasteiger partial charge on any atom is 0.414 e. The fourth-order valence-electron chi connectivity index (χ4n) is 3.49. The number of amides is 1. The lowest BCUT2D eigenvalue weighted by atomic mass is 10.2. The van der Waals surface area contributed by atoms with Crippen LogP contribution in [0.25, 0.3) is 0 Å². The fraction of sp³-hybridized carbons (Fsp3) is 0.269. The molecular formula is C26H29NO6S2. The van der Waals surface area contributed by atoms with E-state index in [4.69, 9.17) is 4.74 Å². The van der Waals surface area contributed by atoms with Gasteiger partial charge in [0.25, 0.3) is 0 Å². The summed E-state index contributed by atoms with van der Waals surface area (Å²) in [6.45, 7) is 4.96. The summed E-state index contributed by atoms with van der Waals surface area (Å²) < 4.78 is 58.0. The van der Waals surface area contributed by atoms with Gasteiger partial charge in [0, 0.05) is 12.2 Å². The summed E-state index contributed by atoms with van der Waals surface area (Å²) in [6.07, 6.45) is -1.06. The second kappa shape index (κ2) is 10.6. The molecule has 9 heteroatoms. The molecule has 0 radical (unpaired) electrons. The van der Waals surface area contributed by atoms with Crippen LogP contribution in [-0.4, -0.2) is 39.7 Å². The Hall–Kier alpha value is -3.17. The zero-order chi connectivity index (χ0) is 25.7. The summed E-state index contributed by atoms with van der Waals surface area (Å²) in [6, 6.07) is 23.5. The Balaban J connectivity index is 2.04. The molecule has 0 N–H and O–H groups in total. The molecule has 0 aliphatic rings. The van der Waals surface area contributed by atoms with E-state index in [1.54, 1.807) is 63.2 Å². The molecular weight excluding hydrogens is 486 g/mol. The predicted molar refractivity (Wildman–Crippen MR) is 136 cm³/mol. The molecule has 0 aliphatic carbocycles. The van der Waals surface area contributed by atoms with Crippen LogP contribution in [-0.2, 0) is 24.4 Å².